The number of anilines is 1. The number of aromatic hydroxyl groups is 1. The van der Waals surface area contributed by atoms with Gasteiger partial charge in [-0.2, -0.15) is 0 Å². The minimum absolute atomic E-state index is 0.0754. The van der Waals surface area contributed by atoms with Gasteiger partial charge >= 0.3 is 5.97 Å². The molecule has 132 valence electrons. The predicted molar refractivity (Wildman–Crippen MR) is 92.5 cm³/mol. The van der Waals surface area contributed by atoms with Crippen LogP contribution in [0.3, 0.4) is 0 Å². The minimum Gasteiger partial charge on any atom is -0.507 e. The molecule has 0 aliphatic carbocycles. The summed E-state index contributed by atoms with van der Waals surface area (Å²) in [5, 5.41) is 19.8. The van der Waals surface area contributed by atoms with E-state index >= 15 is 0 Å². The number of hydrogen-bond acceptors (Lipinski definition) is 7. The highest BCUT2D eigenvalue weighted by atomic mass is 16.5. The van der Waals surface area contributed by atoms with Gasteiger partial charge in [0, 0.05) is 19.3 Å². The fourth-order valence-corrected chi connectivity index (χ4v) is 2.84. The van der Waals surface area contributed by atoms with Crippen molar-refractivity contribution in [3.8, 4) is 17.1 Å². The molecule has 0 spiro atoms. The van der Waals surface area contributed by atoms with Gasteiger partial charge in [-0.05, 0) is 31.9 Å². The number of benzene rings is 1. The first-order valence-corrected chi connectivity index (χ1v) is 8.35. The predicted octanol–water partition coefficient (Wildman–Crippen LogP) is 1.99. The number of piperidine rings is 1. The summed E-state index contributed by atoms with van der Waals surface area (Å²) in [4.78, 5) is 23.0. The van der Waals surface area contributed by atoms with Crippen LogP contribution < -0.4 is 4.90 Å². The highest BCUT2D eigenvalue weighted by molar-refractivity contribution is 5.95. The van der Waals surface area contributed by atoms with E-state index in [1.807, 2.05) is 4.90 Å². The van der Waals surface area contributed by atoms with Crippen molar-refractivity contribution in [2.45, 2.75) is 25.9 Å². The Morgan fingerprint density at radius 3 is 2.72 bits per heavy atom. The number of aliphatic hydroxyl groups is 1. The van der Waals surface area contributed by atoms with Crippen LogP contribution in [0.15, 0.2) is 30.5 Å². The molecule has 1 aromatic carbocycles. The summed E-state index contributed by atoms with van der Waals surface area (Å²) in [6.07, 6.45) is 2.32. The van der Waals surface area contributed by atoms with E-state index in [0.29, 0.717) is 43.1 Å². The Morgan fingerprint density at radius 1 is 1.32 bits per heavy atom. The van der Waals surface area contributed by atoms with E-state index in [2.05, 4.69) is 9.97 Å². The standard InChI is InChI=1S/C18H21N3O4/c1-2-25-18(24)14-11-19-16(13-5-3-4-6-15(13)23)20-17(14)21-9-7-12(22)8-10-21/h3-6,11-12,22-23H,2,7-10H2,1H3. The summed E-state index contributed by atoms with van der Waals surface area (Å²) in [7, 11) is 0. The fraction of sp³-hybridized carbons (Fsp3) is 0.389. The number of ether oxygens (including phenoxy) is 1. The van der Waals surface area contributed by atoms with Crippen LogP contribution in [0.25, 0.3) is 11.4 Å². The number of esters is 1. The zero-order valence-corrected chi connectivity index (χ0v) is 14.1. The van der Waals surface area contributed by atoms with Crippen LogP contribution in [0.4, 0.5) is 5.82 Å². The molecule has 3 rings (SSSR count). The Balaban J connectivity index is 2.02. The van der Waals surface area contributed by atoms with Crippen molar-refractivity contribution >= 4 is 11.8 Å². The number of phenols is 1. The number of hydrogen-bond donors (Lipinski definition) is 2. The molecule has 2 N–H and O–H groups in total. The number of nitrogens with zero attached hydrogens (tertiary/aromatic N) is 3. The van der Waals surface area contributed by atoms with Crippen LogP contribution in [0.1, 0.15) is 30.1 Å². The van der Waals surface area contributed by atoms with Crippen LogP contribution in [0.2, 0.25) is 0 Å². The average molecular weight is 343 g/mol. The Bertz CT molecular complexity index is 758. The quantitative estimate of drug-likeness (QED) is 0.820. The summed E-state index contributed by atoms with van der Waals surface area (Å²) in [5.41, 5.74) is 0.786. The lowest BCUT2D eigenvalue weighted by Gasteiger charge is -2.31. The molecule has 0 radical (unpaired) electrons. The number of carbonyl (C=O) groups is 1. The first-order valence-electron chi connectivity index (χ1n) is 8.35. The first kappa shape index (κ1) is 17.2. The first-order chi connectivity index (χ1) is 12.1. The molecule has 1 fully saturated rings. The zero-order chi connectivity index (χ0) is 17.8. The maximum Gasteiger partial charge on any atom is 0.343 e. The van der Waals surface area contributed by atoms with E-state index < -0.39 is 5.97 Å². The topological polar surface area (TPSA) is 95.8 Å². The number of para-hydroxylation sites is 1. The molecular weight excluding hydrogens is 322 g/mol. The summed E-state index contributed by atoms with van der Waals surface area (Å²) >= 11 is 0. The molecule has 1 aliphatic heterocycles. The average Bonchev–Trinajstić information content (AvgIpc) is 2.62. The van der Waals surface area contributed by atoms with Crippen molar-refractivity contribution in [2.75, 3.05) is 24.6 Å². The Labute approximate surface area is 145 Å². The highest BCUT2D eigenvalue weighted by Gasteiger charge is 2.25. The number of rotatable bonds is 4. The van der Waals surface area contributed by atoms with Crippen molar-refractivity contribution in [1.82, 2.24) is 9.97 Å². The SMILES string of the molecule is CCOC(=O)c1cnc(-c2ccccc2O)nc1N1CCC(O)CC1. The summed E-state index contributed by atoms with van der Waals surface area (Å²) in [6, 6.07) is 6.79. The van der Waals surface area contributed by atoms with E-state index in [1.54, 1.807) is 31.2 Å². The van der Waals surface area contributed by atoms with Gasteiger partial charge in [0.15, 0.2) is 5.82 Å². The molecule has 0 amide bonds. The van der Waals surface area contributed by atoms with Crippen LogP contribution in [-0.2, 0) is 4.74 Å². The molecule has 25 heavy (non-hydrogen) atoms. The Hall–Kier alpha value is -2.67. The van der Waals surface area contributed by atoms with Crippen molar-refractivity contribution in [2.24, 2.45) is 0 Å². The van der Waals surface area contributed by atoms with Crippen molar-refractivity contribution in [1.29, 1.82) is 0 Å². The van der Waals surface area contributed by atoms with Gasteiger partial charge in [0.05, 0.1) is 18.3 Å². The molecule has 1 saturated heterocycles. The lowest BCUT2D eigenvalue weighted by Crippen LogP contribution is -2.37. The van der Waals surface area contributed by atoms with Crippen LogP contribution in [0.5, 0.6) is 5.75 Å². The van der Waals surface area contributed by atoms with Gasteiger partial charge in [0.2, 0.25) is 0 Å². The lowest BCUT2D eigenvalue weighted by molar-refractivity contribution is 0.0526. The van der Waals surface area contributed by atoms with Crippen LogP contribution >= 0.6 is 0 Å². The third-order valence-corrected chi connectivity index (χ3v) is 4.17. The Kier molecular flexibility index (Phi) is 5.14. The summed E-state index contributed by atoms with van der Waals surface area (Å²) in [5.74, 6) is 0.407. The molecule has 2 heterocycles. The van der Waals surface area contributed by atoms with Crippen LogP contribution in [0, 0.1) is 0 Å². The lowest BCUT2D eigenvalue weighted by atomic mass is 10.1. The number of carbonyl (C=O) groups excluding carboxylic acids is 1. The van der Waals surface area contributed by atoms with E-state index in [1.165, 1.54) is 6.20 Å². The minimum atomic E-state index is -0.479. The Morgan fingerprint density at radius 2 is 2.04 bits per heavy atom. The fourth-order valence-electron chi connectivity index (χ4n) is 2.84. The van der Waals surface area contributed by atoms with Gasteiger partial charge in [-0.1, -0.05) is 12.1 Å². The second-order valence-corrected chi connectivity index (χ2v) is 5.89. The normalized spacial score (nSPS) is 15.2. The van der Waals surface area contributed by atoms with Crippen molar-refractivity contribution in [3.63, 3.8) is 0 Å². The molecule has 7 heteroatoms. The molecule has 0 atom stereocenters. The third kappa shape index (κ3) is 3.71. The maximum absolute atomic E-state index is 12.3. The second kappa shape index (κ2) is 7.48. The molecule has 7 nitrogen and oxygen atoms in total. The van der Waals surface area contributed by atoms with Gasteiger partial charge in [-0.25, -0.2) is 14.8 Å². The van der Waals surface area contributed by atoms with Gasteiger partial charge in [0.1, 0.15) is 17.1 Å². The number of aromatic nitrogens is 2. The molecule has 0 unspecified atom stereocenters. The van der Waals surface area contributed by atoms with E-state index in [0.717, 1.165) is 0 Å². The zero-order valence-electron chi connectivity index (χ0n) is 14.1. The van der Waals surface area contributed by atoms with E-state index in [4.69, 9.17) is 4.74 Å². The molecule has 2 aromatic rings. The molecule has 1 aliphatic rings. The molecule has 0 saturated carbocycles. The maximum atomic E-state index is 12.3. The van der Waals surface area contributed by atoms with Gasteiger partial charge in [-0.3, -0.25) is 0 Å². The number of aliphatic hydroxyl groups excluding tert-OH is 1. The van der Waals surface area contributed by atoms with Gasteiger partial charge < -0.3 is 19.8 Å². The van der Waals surface area contributed by atoms with Crippen molar-refractivity contribution in [3.05, 3.63) is 36.0 Å². The number of phenolic OH excluding ortho intramolecular Hbond substituents is 1. The van der Waals surface area contributed by atoms with Gasteiger partial charge in [0.25, 0.3) is 0 Å². The third-order valence-electron chi connectivity index (χ3n) is 4.17. The van der Waals surface area contributed by atoms with E-state index in [9.17, 15) is 15.0 Å². The highest BCUT2D eigenvalue weighted by Crippen LogP contribution is 2.29. The molecular formula is C18H21N3O4. The summed E-state index contributed by atoms with van der Waals surface area (Å²) < 4.78 is 5.11. The van der Waals surface area contributed by atoms with E-state index in [-0.39, 0.29) is 24.0 Å². The second-order valence-electron chi connectivity index (χ2n) is 5.89. The smallest absolute Gasteiger partial charge is 0.343 e. The largest absolute Gasteiger partial charge is 0.507 e. The van der Waals surface area contributed by atoms with Crippen molar-refractivity contribution < 1.29 is 19.7 Å². The molecule has 1 aromatic heterocycles. The summed E-state index contributed by atoms with van der Waals surface area (Å²) in [6.45, 7) is 3.18. The molecule has 0 bridgehead atoms. The van der Waals surface area contributed by atoms with Crippen LogP contribution in [-0.4, -0.2) is 52.0 Å². The monoisotopic (exact) mass is 343 g/mol. The van der Waals surface area contributed by atoms with Gasteiger partial charge in [-0.15, -0.1) is 0 Å².